The van der Waals surface area contributed by atoms with Gasteiger partial charge in [-0.2, -0.15) is 0 Å². The van der Waals surface area contributed by atoms with Crippen molar-refractivity contribution in [3.05, 3.63) is 9.81 Å². The van der Waals surface area contributed by atoms with Crippen LogP contribution < -0.4 is 0 Å². The predicted octanol–water partition coefficient (Wildman–Crippen LogP) is 0.313. The number of nitrogens with zero attached hydrogens (tertiary/aromatic N) is 4. The van der Waals surface area contributed by atoms with Crippen molar-refractivity contribution >= 4 is 0 Å². The van der Waals surface area contributed by atoms with Crippen LogP contribution in [0.15, 0.2) is 10.6 Å². The van der Waals surface area contributed by atoms with Crippen molar-refractivity contribution in [1.29, 1.82) is 0 Å². The SMILES string of the molecule is CC1N(N=O)CCN1N=O. The molecule has 0 aliphatic carbocycles. The summed E-state index contributed by atoms with van der Waals surface area (Å²) in [6.07, 6.45) is -0.282. The van der Waals surface area contributed by atoms with Gasteiger partial charge in [0.25, 0.3) is 0 Å². The number of rotatable bonds is 2. The van der Waals surface area contributed by atoms with Crippen LogP contribution >= 0.6 is 0 Å². The lowest BCUT2D eigenvalue weighted by Gasteiger charge is -2.15. The van der Waals surface area contributed by atoms with Crippen LogP contribution in [0.4, 0.5) is 0 Å². The molecule has 0 N–H and O–H groups in total. The zero-order chi connectivity index (χ0) is 7.56. The Morgan fingerprint density at radius 3 is 1.80 bits per heavy atom. The smallest absolute Gasteiger partial charge is 0.138 e. The van der Waals surface area contributed by atoms with Gasteiger partial charge in [-0.05, 0) is 6.92 Å². The fourth-order valence-corrected chi connectivity index (χ4v) is 0.951. The van der Waals surface area contributed by atoms with E-state index in [2.05, 4.69) is 10.6 Å². The summed E-state index contributed by atoms with van der Waals surface area (Å²) >= 11 is 0. The van der Waals surface area contributed by atoms with Crippen molar-refractivity contribution in [2.24, 2.45) is 10.6 Å². The van der Waals surface area contributed by atoms with Gasteiger partial charge < -0.3 is 0 Å². The van der Waals surface area contributed by atoms with E-state index in [1.54, 1.807) is 6.92 Å². The van der Waals surface area contributed by atoms with Crippen molar-refractivity contribution in [2.45, 2.75) is 13.1 Å². The minimum absolute atomic E-state index is 0.282. The van der Waals surface area contributed by atoms with Crippen molar-refractivity contribution in [3.63, 3.8) is 0 Å². The Morgan fingerprint density at radius 2 is 1.60 bits per heavy atom. The highest BCUT2D eigenvalue weighted by Gasteiger charge is 2.27. The highest BCUT2D eigenvalue weighted by Crippen LogP contribution is 2.13. The van der Waals surface area contributed by atoms with Gasteiger partial charge in [0, 0.05) is 0 Å². The van der Waals surface area contributed by atoms with Gasteiger partial charge in [-0.15, -0.1) is 9.81 Å². The minimum Gasteiger partial charge on any atom is -0.235 e. The molecule has 1 heterocycles. The molecule has 0 bridgehead atoms. The first-order chi connectivity index (χ1) is 4.79. The fourth-order valence-electron chi connectivity index (χ4n) is 0.951. The van der Waals surface area contributed by atoms with Gasteiger partial charge in [-0.25, -0.2) is 10.0 Å². The summed E-state index contributed by atoms with van der Waals surface area (Å²) in [7, 11) is 0. The molecule has 6 nitrogen and oxygen atoms in total. The van der Waals surface area contributed by atoms with E-state index >= 15 is 0 Å². The molecule has 10 heavy (non-hydrogen) atoms. The Kier molecular flexibility index (Phi) is 1.79. The minimum atomic E-state index is -0.282. The zero-order valence-electron chi connectivity index (χ0n) is 5.60. The summed E-state index contributed by atoms with van der Waals surface area (Å²) in [5, 5.41) is 7.98. The van der Waals surface area contributed by atoms with Crippen LogP contribution in [0.2, 0.25) is 0 Å². The Labute approximate surface area is 57.7 Å². The fraction of sp³-hybridized carbons (Fsp3) is 1.00. The van der Waals surface area contributed by atoms with Crippen LogP contribution in [0.1, 0.15) is 6.92 Å². The zero-order valence-corrected chi connectivity index (χ0v) is 5.60. The molecule has 56 valence electrons. The van der Waals surface area contributed by atoms with Gasteiger partial charge in [0.2, 0.25) is 0 Å². The van der Waals surface area contributed by atoms with Crippen LogP contribution in [0.25, 0.3) is 0 Å². The molecule has 1 aliphatic heterocycles. The second kappa shape index (κ2) is 2.59. The molecular formula is C4H8N4O2. The standard InChI is InChI=1S/C4H8N4O2/c1-4-7(5-9)2-3-8(4)6-10/h4H,2-3H2,1H3. The van der Waals surface area contributed by atoms with E-state index in [4.69, 9.17) is 0 Å². The third-order valence-electron chi connectivity index (χ3n) is 1.63. The lowest BCUT2D eigenvalue weighted by Crippen LogP contribution is -2.28. The summed E-state index contributed by atoms with van der Waals surface area (Å²) in [5.41, 5.74) is 0. The average Bonchev–Trinajstić information content (AvgIpc) is 2.30. The number of hydrogen-bond donors (Lipinski definition) is 0. The molecule has 6 heteroatoms. The van der Waals surface area contributed by atoms with Crippen LogP contribution in [0.5, 0.6) is 0 Å². The first kappa shape index (κ1) is 6.91. The van der Waals surface area contributed by atoms with Gasteiger partial charge in [-0.3, -0.25) is 0 Å². The first-order valence-corrected chi connectivity index (χ1v) is 2.99. The molecule has 0 aromatic carbocycles. The summed E-state index contributed by atoms with van der Waals surface area (Å²) in [6.45, 7) is 2.67. The summed E-state index contributed by atoms with van der Waals surface area (Å²) in [4.78, 5) is 20.0. The molecule has 1 aliphatic rings. The van der Waals surface area contributed by atoms with E-state index in [1.807, 2.05) is 0 Å². The normalized spacial score (nSPS) is 19.7. The maximum atomic E-state index is 9.98. The molecule has 0 aromatic heterocycles. The van der Waals surface area contributed by atoms with Crippen LogP contribution in [0, 0.1) is 9.81 Å². The Morgan fingerprint density at radius 1 is 1.20 bits per heavy atom. The van der Waals surface area contributed by atoms with E-state index in [0.29, 0.717) is 13.1 Å². The van der Waals surface area contributed by atoms with E-state index in [9.17, 15) is 9.81 Å². The van der Waals surface area contributed by atoms with Gasteiger partial charge >= 0.3 is 0 Å². The Hall–Kier alpha value is -1.20. The van der Waals surface area contributed by atoms with E-state index in [0.717, 1.165) is 0 Å². The van der Waals surface area contributed by atoms with Crippen molar-refractivity contribution in [1.82, 2.24) is 10.0 Å². The van der Waals surface area contributed by atoms with E-state index < -0.39 is 0 Å². The summed E-state index contributed by atoms with van der Waals surface area (Å²) in [6, 6.07) is 0. The maximum absolute atomic E-state index is 9.98. The molecule has 1 fully saturated rings. The molecular weight excluding hydrogens is 136 g/mol. The van der Waals surface area contributed by atoms with Gasteiger partial charge in [0.05, 0.1) is 23.7 Å². The highest BCUT2D eigenvalue weighted by molar-refractivity contribution is 4.72. The van der Waals surface area contributed by atoms with Gasteiger partial charge in [0.1, 0.15) is 6.17 Å². The monoisotopic (exact) mass is 144 g/mol. The lowest BCUT2D eigenvalue weighted by molar-refractivity contribution is 0.158. The molecule has 0 amide bonds. The third-order valence-corrected chi connectivity index (χ3v) is 1.63. The Bertz CT molecular complexity index is 134. The van der Waals surface area contributed by atoms with Crippen LogP contribution in [-0.2, 0) is 0 Å². The highest BCUT2D eigenvalue weighted by atomic mass is 16.3. The molecule has 0 saturated carbocycles. The van der Waals surface area contributed by atoms with Crippen molar-refractivity contribution < 1.29 is 0 Å². The molecule has 0 unspecified atom stereocenters. The van der Waals surface area contributed by atoms with E-state index in [-0.39, 0.29) is 6.17 Å². The van der Waals surface area contributed by atoms with Gasteiger partial charge in [0.15, 0.2) is 0 Å². The molecule has 0 aromatic rings. The maximum Gasteiger partial charge on any atom is 0.138 e. The van der Waals surface area contributed by atoms with Crippen LogP contribution in [-0.4, -0.2) is 29.3 Å². The molecule has 0 radical (unpaired) electrons. The molecule has 1 saturated heterocycles. The molecule has 0 spiro atoms. The predicted molar refractivity (Wildman–Crippen MR) is 34.5 cm³/mol. The first-order valence-electron chi connectivity index (χ1n) is 2.99. The topological polar surface area (TPSA) is 65.3 Å². The quantitative estimate of drug-likeness (QED) is 0.523. The van der Waals surface area contributed by atoms with E-state index in [1.165, 1.54) is 10.0 Å². The van der Waals surface area contributed by atoms with Crippen molar-refractivity contribution in [3.8, 4) is 0 Å². The molecule has 0 atom stereocenters. The second-order valence-corrected chi connectivity index (χ2v) is 2.12. The van der Waals surface area contributed by atoms with Crippen molar-refractivity contribution in [2.75, 3.05) is 13.1 Å². The third kappa shape index (κ3) is 0.916. The number of hydrogen-bond acceptors (Lipinski definition) is 4. The largest absolute Gasteiger partial charge is 0.235 e. The van der Waals surface area contributed by atoms with Gasteiger partial charge in [-0.1, -0.05) is 0 Å². The second-order valence-electron chi connectivity index (χ2n) is 2.12. The van der Waals surface area contributed by atoms with Crippen LogP contribution in [0.3, 0.4) is 0 Å². The summed E-state index contributed by atoms with van der Waals surface area (Å²) in [5.74, 6) is 0. The number of nitroso groups, excluding NO2 is 2. The summed E-state index contributed by atoms with van der Waals surface area (Å²) < 4.78 is 0. The lowest BCUT2D eigenvalue weighted by atomic mass is 10.6. The molecule has 1 rings (SSSR count). The Balaban J connectivity index is 2.56. The average molecular weight is 144 g/mol.